The third-order valence-electron chi connectivity index (χ3n) is 3.33. The van der Waals surface area contributed by atoms with E-state index in [0.717, 1.165) is 29.9 Å². The second-order valence-corrected chi connectivity index (χ2v) is 5.79. The number of carboxylic acid groups (broad SMARTS) is 1. The van der Waals surface area contributed by atoms with Crippen molar-refractivity contribution in [2.45, 2.75) is 25.8 Å². The Balaban J connectivity index is 2.89. The summed E-state index contributed by atoms with van der Waals surface area (Å²) >= 11 is 11.6. The molecule has 0 saturated heterocycles. The first-order chi connectivity index (χ1) is 9.97. The molecule has 0 aliphatic heterocycles. The Hall–Kier alpha value is -0.970. The lowest BCUT2D eigenvalue weighted by Gasteiger charge is -2.24. The van der Waals surface area contributed by atoms with Crippen LogP contribution in [-0.2, 0) is 11.2 Å². The fourth-order valence-electron chi connectivity index (χ4n) is 2.23. The van der Waals surface area contributed by atoms with Crippen LogP contribution in [0.15, 0.2) is 18.2 Å². The number of hydrogen-bond donors (Lipinski definition) is 2. The predicted octanol–water partition coefficient (Wildman–Crippen LogP) is 2.62. The van der Waals surface area contributed by atoms with Crippen LogP contribution in [-0.4, -0.2) is 42.0 Å². The minimum absolute atomic E-state index is 0.0310. The molecule has 0 unspecified atom stereocenters. The van der Waals surface area contributed by atoms with E-state index in [9.17, 15) is 4.79 Å². The maximum Gasteiger partial charge on any atom is 0.304 e. The first-order valence-corrected chi connectivity index (χ1v) is 7.98. The van der Waals surface area contributed by atoms with E-state index < -0.39 is 5.97 Å². The van der Waals surface area contributed by atoms with Crippen molar-refractivity contribution in [3.05, 3.63) is 29.3 Å². The van der Waals surface area contributed by atoms with Crippen molar-refractivity contribution in [2.75, 3.05) is 29.7 Å². The summed E-state index contributed by atoms with van der Waals surface area (Å²) in [6.45, 7) is 3.44. The highest BCUT2D eigenvalue weighted by Gasteiger charge is 2.13. The normalized spacial score (nSPS) is 12.2. The van der Waals surface area contributed by atoms with Crippen LogP contribution in [0.25, 0.3) is 0 Å². The molecule has 1 atom stereocenters. The van der Waals surface area contributed by atoms with Gasteiger partial charge in [0.1, 0.15) is 0 Å². The molecule has 0 radical (unpaired) electrons. The number of hydrogen-bond acceptors (Lipinski definition) is 3. The lowest BCUT2D eigenvalue weighted by molar-refractivity contribution is -0.137. The van der Waals surface area contributed by atoms with Gasteiger partial charge in [-0.25, -0.2) is 0 Å². The molecule has 6 heteroatoms. The second-order valence-electron chi connectivity index (χ2n) is 5.04. The van der Waals surface area contributed by atoms with Crippen LogP contribution in [0.4, 0.5) is 5.69 Å². The van der Waals surface area contributed by atoms with Crippen LogP contribution < -0.4 is 10.6 Å². The van der Waals surface area contributed by atoms with Gasteiger partial charge < -0.3 is 15.7 Å². The molecule has 118 valence electrons. The molecule has 1 aromatic carbocycles. The number of carbonyl (C=O) groups is 1. The maximum absolute atomic E-state index is 10.7. The summed E-state index contributed by atoms with van der Waals surface area (Å²) < 4.78 is 0. The number of halogens is 2. The van der Waals surface area contributed by atoms with Crippen molar-refractivity contribution < 1.29 is 9.90 Å². The molecule has 0 amide bonds. The third-order valence-corrected chi connectivity index (χ3v) is 3.66. The molecule has 0 heterocycles. The molecule has 0 aliphatic rings. The second kappa shape index (κ2) is 9.13. The average Bonchev–Trinajstić information content (AvgIpc) is 2.40. The van der Waals surface area contributed by atoms with Crippen molar-refractivity contribution >= 4 is 34.9 Å². The van der Waals surface area contributed by atoms with Crippen molar-refractivity contribution in [1.82, 2.24) is 0 Å². The van der Waals surface area contributed by atoms with Gasteiger partial charge in [-0.05, 0) is 36.6 Å². The Bertz CT molecular complexity index is 463. The zero-order valence-electron chi connectivity index (χ0n) is 12.2. The summed E-state index contributed by atoms with van der Waals surface area (Å²) in [4.78, 5) is 12.8. The molecule has 0 saturated carbocycles. The highest BCUT2D eigenvalue weighted by atomic mass is 35.5. The Morgan fingerprint density at radius 3 is 2.48 bits per heavy atom. The summed E-state index contributed by atoms with van der Waals surface area (Å²) in [6.07, 6.45) is 0.512. The number of nitrogens with zero attached hydrogens (tertiary/aromatic N) is 1. The van der Waals surface area contributed by atoms with Gasteiger partial charge in [-0.2, -0.15) is 0 Å². The molecule has 4 nitrogen and oxygen atoms in total. The summed E-state index contributed by atoms with van der Waals surface area (Å²) in [6, 6.07) is 5.72. The molecule has 0 bridgehead atoms. The molecular weight excluding hydrogens is 311 g/mol. The predicted molar refractivity (Wildman–Crippen MR) is 88.8 cm³/mol. The molecular formula is C15H22Cl2N2O2. The number of aryl methyl sites for hydroxylation is 1. The zero-order valence-corrected chi connectivity index (χ0v) is 13.7. The van der Waals surface area contributed by atoms with Gasteiger partial charge in [0.15, 0.2) is 0 Å². The van der Waals surface area contributed by atoms with Crippen LogP contribution in [0.1, 0.15) is 17.5 Å². The standard InChI is InChI=1S/C15H22Cl2N2O2/c1-11-2-3-14(19(6-4-16)7-5-17)9-12(11)8-13(18)10-15(20)21/h2-3,9,13H,4-8,10,18H2,1H3,(H,20,21)/t13-/m1/s1. The highest BCUT2D eigenvalue weighted by molar-refractivity contribution is 6.18. The summed E-state index contributed by atoms with van der Waals surface area (Å²) in [5.74, 6) is 0.180. The molecule has 0 aliphatic carbocycles. The lowest BCUT2D eigenvalue weighted by Crippen LogP contribution is -2.29. The Morgan fingerprint density at radius 2 is 1.95 bits per heavy atom. The van der Waals surface area contributed by atoms with Gasteiger partial charge in [0, 0.05) is 36.6 Å². The van der Waals surface area contributed by atoms with E-state index in [1.165, 1.54) is 0 Å². The maximum atomic E-state index is 10.7. The van der Waals surface area contributed by atoms with Gasteiger partial charge in [0.2, 0.25) is 0 Å². The smallest absolute Gasteiger partial charge is 0.304 e. The Labute approximate surface area is 135 Å². The zero-order chi connectivity index (χ0) is 15.8. The summed E-state index contributed by atoms with van der Waals surface area (Å²) in [5, 5.41) is 8.80. The molecule has 1 rings (SSSR count). The van der Waals surface area contributed by atoms with Gasteiger partial charge in [-0.1, -0.05) is 6.07 Å². The fourth-order valence-corrected chi connectivity index (χ4v) is 2.64. The lowest BCUT2D eigenvalue weighted by atomic mass is 9.99. The molecule has 0 aromatic heterocycles. The monoisotopic (exact) mass is 332 g/mol. The summed E-state index contributed by atoms with van der Waals surface area (Å²) in [7, 11) is 0. The molecule has 0 spiro atoms. The van der Waals surface area contributed by atoms with Crippen molar-refractivity contribution in [2.24, 2.45) is 5.73 Å². The SMILES string of the molecule is Cc1ccc(N(CCCl)CCCl)cc1C[C@@H](N)CC(=O)O. The fraction of sp³-hybridized carbons (Fsp3) is 0.533. The minimum Gasteiger partial charge on any atom is -0.481 e. The molecule has 21 heavy (non-hydrogen) atoms. The van der Waals surface area contributed by atoms with Gasteiger partial charge in [0.25, 0.3) is 0 Å². The highest BCUT2D eigenvalue weighted by Crippen LogP contribution is 2.21. The van der Waals surface area contributed by atoms with Crippen molar-refractivity contribution in [1.29, 1.82) is 0 Å². The van der Waals surface area contributed by atoms with E-state index in [0.29, 0.717) is 18.2 Å². The minimum atomic E-state index is -0.873. The number of rotatable bonds is 9. The number of alkyl halides is 2. The Morgan fingerprint density at radius 1 is 1.33 bits per heavy atom. The number of carboxylic acids is 1. The van der Waals surface area contributed by atoms with E-state index in [2.05, 4.69) is 11.0 Å². The topological polar surface area (TPSA) is 66.6 Å². The van der Waals surface area contributed by atoms with Crippen LogP contribution in [0.2, 0.25) is 0 Å². The number of benzene rings is 1. The van der Waals surface area contributed by atoms with E-state index >= 15 is 0 Å². The van der Waals surface area contributed by atoms with Crippen molar-refractivity contribution in [3.8, 4) is 0 Å². The van der Waals surface area contributed by atoms with Gasteiger partial charge in [-0.3, -0.25) is 4.79 Å². The average molecular weight is 333 g/mol. The summed E-state index contributed by atoms with van der Waals surface area (Å²) in [5.41, 5.74) is 9.10. The van der Waals surface area contributed by atoms with Crippen LogP contribution in [0, 0.1) is 6.92 Å². The molecule has 1 aromatic rings. The number of anilines is 1. The van der Waals surface area contributed by atoms with Crippen LogP contribution >= 0.6 is 23.2 Å². The van der Waals surface area contributed by atoms with E-state index in [4.69, 9.17) is 34.0 Å². The van der Waals surface area contributed by atoms with Crippen molar-refractivity contribution in [3.63, 3.8) is 0 Å². The Kier molecular flexibility index (Phi) is 7.86. The first kappa shape index (κ1) is 18.1. The third kappa shape index (κ3) is 6.12. The van der Waals surface area contributed by atoms with E-state index in [-0.39, 0.29) is 12.5 Å². The van der Waals surface area contributed by atoms with Gasteiger partial charge >= 0.3 is 5.97 Å². The molecule has 0 fully saturated rings. The quantitative estimate of drug-likeness (QED) is 0.682. The van der Waals surface area contributed by atoms with E-state index in [1.807, 2.05) is 19.1 Å². The van der Waals surface area contributed by atoms with Crippen LogP contribution in [0.5, 0.6) is 0 Å². The number of nitrogens with two attached hydrogens (primary N) is 1. The van der Waals surface area contributed by atoms with E-state index in [1.54, 1.807) is 0 Å². The van der Waals surface area contributed by atoms with Gasteiger partial charge in [0.05, 0.1) is 6.42 Å². The van der Waals surface area contributed by atoms with Crippen LogP contribution in [0.3, 0.4) is 0 Å². The largest absolute Gasteiger partial charge is 0.481 e. The number of aliphatic carboxylic acids is 1. The first-order valence-electron chi connectivity index (χ1n) is 6.91. The van der Waals surface area contributed by atoms with Gasteiger partial charge in [-0.15, -0.1) is 23.2 Å². The molecule has 3 N–H and O–H groups in total.